The molecule has 2 nitrogen and oxygen atoms in total. The average molecular weight is 404 g/mol. The zero-order chi connectivity index (χ0) is 21.3. The second-order valence-electron chi connectivity index (χ2n) is 10.3. The molecular weight excluding hydrogens is 371 g/mol. The van der Waals surface area contributed by atoms with E-state index < -0.39 is 0 Å². The molecule has 0 saturated carbocycles. The van der Waals surface area contributed by atoms with Gasteiger partial charge >= 0.3 is 0 Å². The zero-order valence-electron chi connectivity index (χ0n) is 18.8. The largest absolute Gasteiger partial charge is 0.240 e. The molecule has 0 unspecified atom stereocenters. The quantitative estimate of drug-likeness (QED) is 0.336. The highest BCUT2D eigenvalue weighted by Gasteiger charge is 2.44. The van der Waals surface area contributed by atoms with Gasteiger partial charge in [0, 0.05) is 30.7 Å². The molecule has 0 spiro atoms. The van der Waals surface area contributed by atoms with Crippen molar-refractivity contribution in [3.63, 3.8) is 0 Å². The van der Waals surface area contributed by atoms with Crippen molar-refractivity contribution in [2.45, 2.75) is 72.3 Å². The molecule has 0 radical (unpaired) electrons. The number of aromatic nitrogens is 2. The van der Waals surface area contributed by atoms with Crippen LogP contribution in [0.5, 0.6) is 0 Å². The second kappa shape index (κ2) is 6.54. The maximum atomic E-state index is 14.4. The SMILES string of the molecule is CCC1(CC)CCc2cccc3c(CC(C)(C)C)cc4c5cc(F)ccc5[n+]1n4c23. The van der Waals surface area contributed by atoms with Crippen molar-refractivity contribution in [3.05, 3.63) is 59.4 Å². The summed E-state index contributed by atoms with van der Waals surface area (Å²) in [5.74, 6) is -0.163. The molecule has 0 aliphatic carbocycles. The minimum atomic E-state index is -0.163. The molecule has 0 fully saturated rings. The molecule has 0 N–H and O–H groups in total. The van der Waals surface area contributed by atoms with Crippen LogP contribution < -0.4 is 4.68 Å². The van der Waals surface area contributed by atoms with Crippen LogP contribution in [-0.4, -0.2) is 4.52 Å². The summed E-state index contributed by atoms with van der Waals surface area (Å²) in [4.78, 5) is 0. The van der Waals surface area contributed by atoms with Gasteiger partial charge < -0.3 is 0 Å². The van der Waals surface area contributed by atoms with E-state index in [1.54, 1.807) is 12.1 Å². The van der Waals surface area contributed by atoms with Crippen molar-refractivity contribution >= 4 is 27.3 Å². The Morgan fingerprint density at radius 2 is 1.80 bits per heavy atom. The monoisotopic (exact) mass is 403 g/mol. The molecule has 0 saturated heterocycles. The van der Waals surface area contributed by atoms with Crippen LogP contribution in [0, 0.1) is 11.2 Å². The summed E-state index contributed by atoms with van der Waals surface area (Å²) < 4.78 is 19.3. The maximum absolute atomic E-state index is 14.4. The molecule has 0 amide bonds. The molecule has 3 heteroatoms. The van der Waals surface area contributed by atoms with Crippen LogP contribution in [0.1, 0.15) is 65.0 Å². The summed E-state index contributed by atoms with van der Waals surface area (Å²) >= 11 is 0. The second-order valence-corrected chi connectivity index (χ2v) is 10.3. The van der Waals surface area contributed by atoms with E-state index >= 15 is 0 Å². The Bertz CT molecular complexity index is 1290. The van der Waals surface area contributed by atoms with Crippen LogP contribution in [-0.2, 0) is 18.4 Å². The van der Waals surface area contributed by atoms with E-state index in [0.29, 0.717) is 0 Å². The van der Waals surface area contributed by atoms with Gasteiger partial charge in [-0.05, 0) is 47.6 Å². The van der Waals surface area contributed by atoms with Gasteiger partial charge in [-0.25, -0.2) is 4.39 Å². The van der Waals surface area contributed by atoms with Crippen LogP contribution in [0.25, 0.3) is 27.3 Å². The fourth-order valence-corrected chi connectivity index (χ4v) is 5.69. The molecule has 2 aromatic heterocycles. The lowest BCUT2D eigenvalue weighted by Crippen LogP contribution is -2.59. The fourth-order valence-electron chi connectivity index (χ4n) is 5.69. The first-order chi connectivity index (χ1) is 14.3. The topological polar surface area (TPSA) is 8.29 Å². The number of fused-ring (bicyclic) bond motifs is 3. The molecule has 1 aliphatic heterocycles. The predicted octanol–water partition coefficient (Wildman–Crippen LogP) is 6.72. The Labute approximate surface area is 178 Å². The van der Waals surface area contributed by atoms with E-state index in [-0.39, 0.29) is 16.8 Å². The van der Waals surface area contributed by atoms with Crippen LogP contribution in [0.3, 0.4) is 0 Å². The van der Waals surface area contributed by atoms with Crippen molar-refractivity contribution in [2.24, 2.45) is 5.41 Å². The van der Waals surface area contributed by atoms with E-state index in [1.165, 1.54) is 22.0 Å². The number of pyridine rings is 1. The smallest absolute Gasteiger partial charge is 0.207 e. The van der Waals surface area contributed by atoms with Gasteiger partial charge in [0.2, 0.25) is 5.52 Å². The number of benzene rings is 2. The van der Waals surface area contributed by atoms with Crippen molar-refractivity contribution in [1.29, 1.82) is 0 Å². The van der Waals surface area contributed by atoms with Crippen molar-refractivity contribution < 1.29 is 9.07 Å². The van der Waals surface area contributed by atoms with Gasteiger partial charge in [0.05, 0.1) is 5.39 Å². The Kier molecular flexibility index (Phi) is 4.26. The van der Waals surface area contributed by atoms with E-state index in [4.69, 9.17) is 0 Å². The number of hydrogen-bond acceptors (Lipinski definition) is 0. The minimum Gasteiger partial charge on any atom is -0.207 e. The molecule has 2 aromatic carbocycles. The lowest BCUT2D eigenvalue weighted by Gasteiger charge is -2.24. The molecule has 4 aromatic rings. The first-order valence-corrected chi connectivity index (χ1v) is 11.4. The molecule has 1 aliphatic rings. The van der Waals surface area contributed by atoms with Gasteiger partial charge in [-0.2, -0.15) is 0 Å². The Hall–Kier alpha value is -2.42. The highest BCUT2D eigenvalue weighted by molar-refractivity contribution is 5.98. The van der Waals surface area contributed by atoms with Gasteiger partial charge in [0.25, 0.3) is 0 Å². The zero-order valence-corrected chi connectivity index (χ0v) is 18.8. The first kappa shape index (κ1) is 19.5. The van der Waals surface area contributed by atoms with Crippen LogP contribution in [0.4, 0.5) is 4.39 Å². The lowest BCUT2D eigenvalue weighted by atomic mass is 9.84. The van der Waals surface area contributed by atoms with Crippen molar-refractivity contribution in [3.8, 4) is 0 Å². The van der Waals surface area contributed by atoms with Crippen molar-refractivity contribution in [1.82, 2.24) is 4.52 Å². The number of rotatable bonds is 3. The molecule has 0 bridgehead atoms. The molecule has 0 atom stereocenters. The van der Waals surface area contributed by atoms with Crippen LogP contribution in [0.2, 0.25) is 0 Å². The predicted molar refractivity (Wildman–Crippen MR) is 123 cm³/mol. The van der Waals surface area contributed by atoms with Crippen LogP contribution in [0.15, 0.2) is 42.5 Å². The molecular formula is C27H32FN2+. The third kappa shape index (κ3) is 2.71. The number of halogens is 1. The standard InChI is InChI=1S/C27H32FN2/c1-6-27(7-2)14-13-18-9-8-10-21-19(17-26(3,4)5)15-24-22-16-20(28)11-12-23(22)30(27)29(24)25(18)21/h8-12,15-16H,6-7,13-14,17H2,1-5H3/q+1. The van der Waals surface area contributed by atoms with Gasteiger partial charge in [-0.3, -0.25) is 0 Å². The van der Waals surface area contributed by atoms with Gasteiger partial charge in [0.1, 0.15) is 16.9 Å². The molecule has 3 heterocycles. The molecule has 5 rings (SSSR count). The summed E-state index contributed by atoms with van der Waals surface area (Å²) in [5.41, 5.74) is 6.58. The molecule has 30 heavy (non-hydrogen) atoms. The van der Waals surface area contributed by atoms with E-state index in [1.807, 2.05) is 6.07 Å². The van der Waals surface area contributed by atoms with E-state index in [9.17, 15) is 4.39 Å². The summed E-state index contributed by atoms with van der Waals surface area (Å²) in [6.07, 6.45) is 5.30. The normalized spacial score (nSPS) is 16.1. The lowest BCUT2D eigenvalue weighted by molar-refractivity contribution is -0.799. The average Bonchev–Trinajstić information content (AvgIpc) is 2.93. The van der Waals surface area contributed by atoms with Crippen molar-refractivity contribution in [2.75, 3.05) is 0 Å². The van der Waals surface area contributed by atoms with Gasteiger partial charge in [0.15, 0.2) is 5.54 Å². The molecule has 156 valence electrons. The minimum absolute atomic E-state index is 0.0278. The van der Waals surface area contributed by atoms with Gasteiger partial charge in [-0.15, -0.1) is 4.52 Å². The first-order valence-electron chi connectivity index (χ1n) is 11.4. The Morgan fingerprint density at radius 1 is 1.03 bits per heavy atom. The number of aryl methyl sites for hydroxylation is 1. The number of para-hydroxylation sites is 1. The van der Waals surface area contributed by atoms with E-state index in [0.717, 1.165) is 48.5 Å². The van der Waals surface area contributed by atoms with E-state index in [2.05, 4.69) is 68.1 Å². The summed E-state index contributed by atoms with van der Waals surface area (Å²) in [5, 5.41) is 2.36. The Morgan fingerprint density at radius 3 is 2.50 bits per heavy atom. The Balaban J connectivity index is 2.05. The maximum Gasteiger partial charge on any atom is 0.240 e. The van der Waals surface area contributed by atoms with Gasteiger partial charge in [-0.1, -0.05) is 57.5 Å². The highest BCUT2D eigenvalue weighted by atomic mass is 19.1. The highest BCUT2D eigenvalue weighted by Crippen LogP contribution is 2.38. The number of hydrogen-bond donors (Lipinski definition) is 0. The van der Waals surface area contributed by atoms with Crippen LogP contribution >= 0.6 is 0 Å². The third-order valence-electron chi connectivity index (χ3n) is 7.23. The fraction of sp³-hybridized carbons (Fsp3) is 0.444. The summed E-state index contributed by atoms with van der Waals surface area (Å²) in [6, 6.07) is 14.4. The third-order valence-corrected chi connectivity index (χ3v) is 7.23. The summed E-state index contributed by atoms with van der Waals surface area (Å²) in [6.45, 7) is 11.5. The summed E-state index contributed by atoms with van der Waals surface area (Å²) in [7, 11) is 0. The number of nitrogens with zero attached hydrogens (tertiary/aromatic N) is 2.